The highest BCUT2D eigenvalue weighted by Crippen LogP contribution is 2.36. The quantitative estimate of drug-likeness (QED) is 0.561. The zero-order chi connectivity index (χ0) is 16.8. The molecule has 0 heterocycles. The molecule has 0 bridgehead atoms. The second-order valence-corrected chi connectivity index (χ2v) is 6.85. The summed E-state index contributed by atoms with van der Waals surface area (Å²) < 4.78 is 0.985. The van der Waals surface area contributed by atoms with Gasteiger partial charge in [0.05, 0.1) is 11.5 Å². The molecule has 24 heavy (non-hydrogen) atoms. The first-order valence-electron chi connectivity index (χ1n) is 7.98. The van der Waals surface area contributed by atoms with Gasteiger partial charge in [0.15, 0.2) is 0 Å². The van der Waals surface area contributed by atoms with Crippen LogP contribution < -0.4 is 0 Å². The van der Waals surface area contributed by atoms with Crippen LogP contribution in [-0.2, 0) is 18.3 Å². The van der Waals surface area contributed by atoms with Crippen molar-refractivity contribution in [2.45, 2.75) is 18.3 Å². The number of hydrogen-bond acceptors (Lipinski definition) is 1. The van der Waals surface area contributed by atoms with Crippen molar-refractivity contribution in [1.82, 2.24) is 0 Å². The molecule has 0 N–H and O–H groups in total. The smallest absolute Gasteiger partial charge is 0.0913 e. The SMILES string of the molecule is N#CC(Cc1ccccc1)(Cc1ccccc1)c1ccccc1Br. The third-order valence-electron chi connectivity index (χ3n) is 4.30. The molecule has 0 aliphatic carbocycles. The van der Waals surface area contributed by atoms with Crippen LogP contribution in [0.2, 0.25) is 0 Å². The standard InChI is InChI=1S/C22H18BrN/c23-21-14-8-7-13-20(21)22(17-24,15-18-9-3-1-4-10-18)16-19-11-5-2-6-12-19/h1-14H,15-16H2. The van der Waals surface area contributed by atoms with Crippen LogP contribution in [0.5, 0.6) is 0 Å². The van der Waals surface area contributed by atoms with E-state index in [0.29, 0.717) is 12.8 Å². The maximum absolute atomic E-state index is 10.2. The zero-order valence-corrected chi connectivity index (χ0v) is 14.9. The average Bonchev–Trinajstić information content (AvgIpc) is 2.63. The Kier molecular flexibility index (Phi) is 5.13. The van der Waals surface area contributed by atoms with Gasteiger partial charge in [0.25, 0.3) is 0 Å². The maximum atomic E-state index is 10.2. The minimum Gasteiger partial charge on any atom is -0.197 e. The van der Waals surface area contributed by atoms with Gasteiger partial charge < -0.3 is 0 Å². The van der Waals surface area contributed by atoms with E-state index in [1.54, 1.807) is 0 Å². The fraction of sp³-hybridized carbons (Fsp3) is 0.136. The van der Waals surface area contributed by atoms with E-state index < -0.39 is 5.41 Å². The van der Waals surface area contributed by atoms with Crippen LogP contribution in [0.25, 0.3) is 0 Å². The molecular formula is C22H18BrN. The van der Waals surface area contributed by atoms with Crippen LogP contribution in [0.3, 0.4) is 0 Å². The fourth-order valence-corrected chi connectivity index (χ4v) is 3.79. The molecule has 0 radical (unpaired) electrons. The summed E-state index contributed by atoms with van der Waals surface area (Å²) in [5.74, 6) is 0. The summed E-state index contributed by atoms with van der Waals surface area (Å²) in [6.45, 7) is 0. The molecule has 0 unspecified atom stereocenters. The Morgan fingerprint density at radius 3 is 1.62 bits per heavy atom. The van der Waals surface area contributed by atoms with Gasteiger partial charge in [-0.1, -0.05) is 94.8 Å². The Balaban J connectivity index is 2.08. The van der Waals surface area contributed by atoms with Crippen LogP contribution in [0.15, 0.2) is 89.4 Å². The predicted octanol–water partition coefficient (Wildman–Crippen LogP) is 5.70. The molecule has 0 fully saturated rings. The Labute approximate surface area is 151 Å². The van der Waals surface area contributed by atoms with E-state index in [9.17, 15) is 5.26 Å². The van der Waals surface area contributed by atoms with Gasteiger partial charge in [-0.25, -0.2) is 0 Å². The van der Waals surface area contributed by atoms with Gasteiger partial charge in [-0.2, -0.15) is 5.26 Å². The minimum atomic E-state index is -0.608. The molecule has 0 saturated carbocycles. The highest BCUT2D eigenvalue weighted by Gasteiger charge is 2.34. The van der Waals surface area contributed by atoms with Gasteiger partial charge in [0.1, 0.15) is 0 Å². The molecule has 0 atom stereocenters. The number of nitrogens with zero attached hydrogens (tertiary/aromatic N) is 1. The largest absolute Gasteiger partial charge is 0.197 e. The van der Waals surface area contributed by atoms with E-state index in [2.05, 4.69) is 52.3 Å². The summed E-state index contributed by atoms with van der Waals surface area (Å²) >= 11 is 3.65. The minimum absolute atomic E-state index is 0.608. The van der Waals surface area contributed by atoms with Crippen molar-refractivity contribution in [2.75, 3.05) is 0 Å². The fourth-order valence-electron chi connectivity index (χ4n) is 3.13. The summed E-state index contributed by atoms with van der Waals surface area (Å²) in [4.78, 5) is 0. The van der Waals surface area contributed by atoms with E-state index in [1.807, 2.05) is 54.6 Å². The highest BCUT2D eigenvalue weighted by molar-refractivity contribution is 9.10. The number of rotatable bonds is 5. The first-order valence-corrected chi connectivity index (χ1v) is 8.77. The molecule has 0 aliphatic heterocycles. The van der Waals surface area contributed by atoms with Gasteiger partial charge in [-0.05, 0) is 35.6 Å². The second kappa shape index (κ2) is 7.47. The Hall–Kier alpha value is -2.37. The summed E-state index contributed by atoms with van der Waals surface area (Å²) in [7, 11) is 0. The normalized spacial score (nSPS) is 11.0. The van der Waals surface area contributed by atoms with Crippen LogP contribution >= 0.6 is 15.9 Å². The van der Waals surface area contributed by atoms with Gasteiger partial charge in [0.2, 0.25) is 0 Å². The summed E-state index contributed by atoms with van der Waals surface area (Å²) in [5.41, 5.74) is 2.78. The second-order valence-electron chi connectivity index (χ2n) is 6.00. The Morgan fingerprint density at radius 1 is 0.708 bits per heavy atom. The first-order chi connectivity index (χ1) is 11.7. The lowest BCUT2D eigenvalue weighted by Crippen LogP contribution is -2.30. The lowest BCUT2D eigenvalue weighted by molar-refractivity contribution is 0.539. The van der Waals surface area contributed by atoms with Crippen LogP contribution in [0.4, 0.5) is 0 Å². The highest BCUT2D eigenvalue weighted by atomic mass is 79.9. The lowest BCUT2D eigenvalue weighted by atomic mass is 9.72. The van der Waals surface area contributed by atoms with Crippen molar-refractivity contribution in [3.8, 4) is 6.07 Å². The van der Waals surface area contributed by atoms with E-state index in [4.69, 9.17) is 0 Å². The molecule has 118 valence electrons. The number of nitriles is 1. The van der Waals surface area contributed by atoms with Gasteiger partial charge in [0, 0.05) is 4.47 Å². The summed E-state index contributed by atoms with van der Waals surface area (Å²) in [6, 6.07) is 31.2. The molecule has 3 aromatic rings. The number of benzene rings is 3. The third kappa shape index (κ3) is 3.58. The van der Waals surface area contributed by atoms with Crippen molar-refractivity contribution < 1.29 is 0 Å². The number of hydrogen-bond donors (Lipinski definition) is 0. The molecule has 0 spiro atoms. The topological polar surface area (TPSA) is 23.8 Å². The maximum Gasteiger partial charge on any atom is 0.0913 e. The average molecular weight is 376 g/mol. The van der Waals surface area contributed by atoms with E-state index in [0.717, 1.165) is 10.0 Å². The monoisotopic (exact) mass is 375 g/mol. The van der Waals surface area contributed by atoms with Crippen molar-refractivity contribution in [2.24, 2.45) is 0 Å². The van der Waals surface area contributed by atoms with E-state index >= 15 is 0 Å². The molecule has 0 saturated heterocycles. The van der Waals surface area contributed by atoms with Crippen LogP contribution in [-0.4, -0.2) is 0 Å². The zero-order valence-electron chi connectivity index (χ0n) is 13.3. The molecule has 0 aliphatic rings. The third-order valence-corrected chi connectivity index (χ3v) is 4.99. The Morgan fingerprint density at radius 2 is 1.17 bits per heavy atom. The first kappa shape index (κ1) is 16.5. The van der Waals surface area contributed by atoms with E-state index in [-0.39, 0.29) is 0 Å². The molecule has 0 aromatic heterocycles. The molecular weight excluding hydrogens is 358 g/mol. The van der Waals surface area contributed by atoms with Gasteiger partial charge in [-0.15, -0.1) is 0 Å². The van der Waals surface area contributed by atoms with Crippen molar-refractivity contribution in [3.63, 3.8) is 0 Å². The van der Waals surface area contributed by atoms with Crippen molar-refractivity contribution in [3.05, 3.63) is 106 Å². The molecule has 3 rings (SSSR count). The molecule has 3 aromatic carbocycles. The van der Waals surface area contributed by atoms with Gasteiger partial charge in [-0.3, -0.25) is 0 Å². The van der Waals surface area contributed by atoms with E-state index in [1.165, 1.54) is 11.1 Å². The van der Waals surface area contributed by atoms with Gasteiger partial charge >= 0.3 is 0 Å². The van der Waals surface area contributed by atoms with Crippen molar-refractivity contribution in [1.29, 1.82) is 5.26 Å². The Bertz CT molecular complexity index is 793. The summed E-state index contributed by atoms with van der Waals surface area (Å²) in [5, 5.41) is 10.2. The predicted molar refractivity (Wildman–Crippen MR) is 102 cm³/mol. The van der Waals surface area contributed by atoms with Crippen molar-refractivity contribution >= 4 is 15.9 Å². The number of halogens is 1. The molecule has 2 heteroatoms. The van der Waals surface area contributed by atoms with Crippen LogP contribution in [0, 0.1) is 11.3 Å². The lowest BCUT2D eigenvalue weighted by Gasteiger charge is -2.29. The molecule has 1 nitrogen and oxygen atoms in total. The van der Waals surface area contributed by atoms with Crippen LogP contribution in [0.1, 0.15) is 16.7 Å². The molecule has 0 amide bonds. The summed E-state index contributed by atoms with van der Waals surface area (Å²) in [6.07, 6.45) is 1.36.